The third-order valence-corrected chi connectivity index (χ3v) is 3.72. The van der Waals surface area contributed by atoms with E-state index < -0.39 is 0 Å². The zero-order valence-electron chi connectivity index (χ0n) is 11.6. The minimum atomic E-state index is -0.0195. The van der Waals surface area contributed by atoms with Crippen molar-refractivity contribution >= 4 is 22.4 Å². The molecule has 0 aliphatic carbocycles. The molecule has 1 atom stereocenters. The van der Waals surface area contributed by atoms with Gasteiger partial charge in [-0.25, -0.2) is 4.98 Å². The van der Waals surface area contributed by atoms with Crippen LogP contribution in [0.5, 0.6) is 0 Å². The van der Waals surface area contributed by atoms with Crippen LogP contribution < -0.4 is 10.2 Å². The van der Waals surface area contributed by atoms with Crippen molar-refractivity contribution < 1.29 is 4.79 Å². The first kappa shape index (κ1) is 14.5. The highest BCUT2D eigenvalue weighted by Crippen LogP contribution is 2.20. The fraction of sp³-hybridized carbons (Fsp3) is 0.545. The predicted octanol–water partition coefficient (Wildman–Crippen LogP) is 0.880. The number of aromatic nitrogens is 5. The Morgan fingerprint density at radius 2 is 2.40 bits per heavy atom. The van der Waals surface area contributed by atoms with Gasteiger partial charge >= 0.3 is 0 Å². The molecular formula is C11H17N7OS. The van der Waals surface area contributed by atoms with Crippen molar-refractivity contribution in [1.82, 2.24) is 30.9 Å². The lowest BCUT2D eigenvalue weighted by molar-refractivity contribution is -0.116. The van der Waals surface area contributed by atoms with Crippen molar-refractivity contribution in [2.75, 3.05) is 11.4 Å². The number of hydrogen-bond acceptors (Lipinski definition) is 7. The topological polar surface area (TPSA) is 99.7 Å². The van der Waals surface area contributed by atoms with Crippen LogP contribution in [0.2, 0.25) is 0 Å². The molecule has 0 aliphatic rings. The van der Waals surface area contributed by atoms with Gasteiger partial charge in [0.05, 0.1) is 11.7 Å². The number of H-pyrrole nitrogens is 1. The van der Waals surface area contributed by atoms with E-state index in [0.717, 1.165) is 10.8 Å². The van der Waals surface area contributed by atoms with Crippen LogP contribution in [0.3, 0.4) is 0 Å². The SMILES string of the molecule is CCN(C(C)=O)c1nc(CNC(C)c2nn[nH]n2)cs1. The number of anilines is 1. The van der Waals surface area contributed by atoms with Crippen LogP contribution in [0.25, 0.3) is 0 Å². The van der Waals surface area contributed by atoms with E-state index in [9.17, 15) is 4.79 Å². The van der Waals surface area contributed by atoms with Crippen LogP contribution in [-0.2, 0) is 11.3 Å². The summed E-state index contributed by atoms with van der Waals surface area (Å²) in [6.07, 6.45) is 0. The molecule has 2 aromatic heterocycles. The Kier molecular flexibility index (Phi) is 4.74. The molecule has 1 unspecified atom stereocenters. The molecule has 0 aromatic carbocycles. The summed E-state index contributed by atoms with van der Waals surface area (Å²) in [6.45, 7) is 6.63. The van der Waals surface area contributed by atoms with Gasteiger partial charge in [0.15, 0.2) is 11.0 Å². The highest BCUT2D eigenvalue weighted by atomic mass is 32.1. The van der Waals surface area contributed by atoms with Gasteiger partial charge in [0, 0.05) is 25.4 Å². The van der Waals surface area contributed by atoms with Crippen LogP contribution in [0.4, 0.5) is 5.13 Å². The van der Waals surface area contributed by atoms with Crippen LogP contribution in [0, 0.1) is 0 Å². The van der Waals surface area contributed by atoms with Gasteiger partial charge in [0.1, 0.15) is 0 Å². The van der Waals surface area contributed by atoms with E-state index in [4.69, 9.17) is 0 Å². The average molecular weight is 295 g/mol. The van der Waals surface area contributed by atoms with Crippen LogP contribution in [-0.4, -0.2) is 38.1 Å². The normalized spacial score (nSPS) is 12.3. The first-order valence-electron chi connectivity index (χ1n) is 6.31. The summed E-state index contributed by atoms with van der Waals surface area (Å²) in [4.78, 5) is 17.6. The maximum absolute atomic E-state index is 11.5. The first-order chi connectivity index (χ1) is 9.61. The van der Waals surface area contributed by atoms with Crippen molar-refractivity contribution in [3.05, 3.63) is 16.9 Å². The molecule has 2 N–H and O–H groups in total. The van der Waals surface area contributed by atoms with Crippen molar-refractivity contribution in [2.45, 2.75) is 33.4 Å². The number of amides is 1. The Morgan fingerprint density at radius 3 is 3.00 bits per heavy atom. The maximum atomic E-state index is 11.5. The largest absolute Gasteiger partial charge is 0.302 e. The Balaban J connectivity index is 1.94. The highest BCUT2D eigenvalue weighted by molar-refractivity contribution is 7.14. The zero-order chi connectivity index (χ0) is 14.5. The molecule has 108 valence electrons. The van der Waals surface area contributed by atoms with Crippen LogP contribution in [0.15, 0.2) is 5.38 Å². The molecular weight excluding hydrogens is 278 g/mol. The third kappa shape index (κ3) is 3.36. The van der Waals surface area contributed by atoms with Gasteiger partial charge in [-0.05, 0) is 13.8 Å². The Hall–Kier alpha value is -1.87. The molecule has 0 saturated carbocycles. The summed E-state index contributed by atoms with van der Waals surface area (Å²) < 4.78 is 0. The summed E-state index contributed by atoms with van der Waals surface area (Å²) >= 11 is 1.46. The van der Waals surface area contributed by atoms with E-state index in [1.807, 2.05) is 19.2 Å². The number of carbonyl (C=O) groups excluding carboxylic acids is 1. The molecule has 2 aromatic rings. The van der Waals surface area contributed by atoms with Crippen molar-refractivity contribution in [3.8, 4) is 0 Å². The molecule has 1 amide bonds. The lowest BCUT2D eigenvalue weighted by Crippen LogP contribution is -2.27. The molecule has 0 bridgehead atoms. The first-order valence-corrected chi connectivity index (χ1v) is 7.19. The highest BCUT2D eigenvalue weighted by Gasteiger charge is 2.14. The maximum Gasteiger partial charge on any atom is 0.225 e. The molecule has 8 nitrogen and oxygen atoms in total. The van der Waals surface area contributed by atoms with Gasteiger partial charge in [0.25, 0.3) is 0 Å². The van der Waals surface area contributed by atoms with Gasteiger partial charge in [-0.3, -0.25) is 9.69 Å². The van der Waals surface area contributed by atoms with Crippen molar-refractivity contribution in [2.24, 2.45) is 0 Å². The van der Waals surface area contributed by atoms with Gasteiger partial charge < -0.3 is 5.32 Å². The fourth-order valence-electron chi connectivity index (χ4n) is 1.70. The summed E-state index contributed by atoms with van der Waals surface area (Å²) in [5.41, 5.74) is 0.889. The molecule has 0 aliphatic heterocycles. The standard InChI is InChI=1S/C11H17N7OS/c1-4-18(8(3)19)11-13-9(6-20-11)5-12-7(2)10-14-16-17-15-10/h6-7,12H,4-5H2,1-3H3,(H,14,15,16,17). The molecule has 0 saturated heterocycles. The minimum absolute atomic E-state index is 0.00141. The van der Waals surface area contributed by atoms with E-state index in [-0.39, 0.29) is 11.9 Å². The second kappa shape index (κ2) is 6.53. The Morgan fingerprint density at radius 1 is 1.60 bits per heavy atom. The second-order valence-corrected chi connectivity index (χ2v) is 5.09. The van der Waals surface area contributed by atoms with Crippen LogP contribution in [0.1, 0.15) is 38.3 Å². The minimum Gasteiger partial charge on any atom is -0.302 e. The summed E-state index contributed by atoms with van der Waals surface area (Å²) in [5.74, 6) is 0.612. The molecule has 0 spiro atoms. The lowest BCUT2D eigenvalue weighted by Gasteiger charge is -2.14. The van der Waals surface area contributed by atoms with Gasteiger partial charge in [-0.2, -0.15) is 5.21 Å². The number of carbonyl (C=O) groups is 1. The zero-order valence-corrected chi connectivity index (χ0v) is 12.4. The number of thiazole rings is 1. The number of nitrogens with one attached hydrogen (secondary N) is 2. The molecule has 9 heteroatoms. The molecule has 2 heterocycles. The number of rotatable bonds is 6. The molecule has 20 heavy (non-hydrogen) atoms. The summed E-state index contributed by atoms with van der Waals surface area (Å²) in [6, 6.07) is -0.0195. The van der Waals surface area contributed by atoms with Crippen molar-refractivity contribution in [1.29, 1.82) is 0 Å². The van der Waals surface area contributed by atoms with E-state index >= 15 is 0 Å². The summed E-state index contributed by atoms with van der Waals surface area (Å²) in [7, 11) is 0. The molecule has 2 rings (SSSR count). The van der Waals surface area contributed by atoms with Crippen LogP contribution >= 0.6 is 11.3 Å². The van der Waals surface area contributed by atoms with Gasteiger partial charge in [-0.1, -0.05) is 5.21 Å². The van der Waals surface area contributed by atoms with E-state index in [1.54, 1.807) is 11.8 Å². The average Bonchev–Trinajstić information content (AvgIpc) is 3.08. The third-order valence-electron chi connectivity index (χ3n) is 2.81. The Bertz CT molecular complexity index is 553. The lowest BCUT2D eigenvalue weighted by atomic mass is 10.3. The molecule has 0 radical (unpaired) electrons. The molecule has 0 fully saturated rings. The number of aromatic amines is 1. The predicted molar refractivity (Wildman–Crippen MR) is 75.2 cm³/mol. The van der Waals surface area contributed by atoms with Gasteiger partial charge in [0.2, 0.25) is 5.91 Å². The number of nitrogens with zero attached hydrogens (tertiary/aromatic N) is 5. The smallest absolute Gasteiger partial charge is 0.225 e. The quantitative estimate of drug-likeness (QED) is 0.820. The van der Waals surface area contributed by atoms with E-state index in [0.29, 0.717) is 18.9 Å². The monoisotopic (exact) mass is 295 g/mol. The number of tetrazole rings is 1. The number of hydrogen-bond donors (Lipinski definition) is 2. The summed E-state index contributed by atoms with van der Waals surface area (Å²) in [5, 5.41) is 19.7. The Labute approximate surface area is 120 Å². The van der Waals surface area contributed by atoms with Crippen molar-refractivity contribution in [3.63, 3.8) is 0 Å². The van der Waals surface area contributed by atoms with Gasteiger partial charge in [-0.15, -0.1) is 21.5 Å². The van der Waals surface area contributed by atoms with E-state index in [1.165, 1.54) is 11.3 Å². The fourth-order valence-corrected chi connectivity index (χ4v) is 2.63. The van der Waals surface area contributed by atoms with E-state index in [2.05, 4.69) is 30.9 Å². The second-order valence-electron chi connectivity index (χ2n) is 4.26.